The maximum absolute atomic E-state index is 5.96. The van der Waals surface area contributed by atoms with Crippen molar-refractivity contribution in [3.63, 3.8) is 0 Å². The Balaban J connectivity index is 2.39. The van der Waals surface area contributed by atoms with Gasteiger partial charge in [-0.3, -0.25) is 0 Å². The lowest BCUT2D eigenvalue weighted by Crippen LogP contribution is -2.26. The molecule has 1 saturated carbocycles. The van der Waals surface area contributed by atoms with Gasteiger partial charge in [0.25, 0.3) is 0 Å². The van der Waals surface area contributed by atoms with Gasteiger partial charge < -0.3 is 19.9 Å². The first-order valence-corrected chi connectivity index (χ1v) is 6.75. The summed E-state index contributed by atoms with van der Waals surface area (Å²) in [5, 5.41) is 0. The van der Waals surface area contributed by atoms with Crippen LogP contribution in [0.1, 0.15) is 30.7 Å². The van der Waals surface area contributed by atoms with Crippen LogP contribution in [-0.4, -0.2) is 27.9 Å². The van der Waals surface area contributed by atoms with Gasteiger partial charge in [0.05, 0.1) is 21.3 Å². The fourth-order valence-electron chi connectivity index (χ4n) is 2.76. The molecule has 19 heavy (non-hydrogen) atoms. The highest BCUT2D eigenvalue weighted by Gasteiger charge is 2.29. The Labute approximate surface area is 114 Å². The van der Waals surface area contributed by atoms with Gasteiger partial charge in [-0.1, -0.05) is 6.42 Å². The molecule has 0 spiro atoms. The van der Waals surface area contributed by atoms with E-state index in [0.717, 1.165) is 0 Å². The van der Waals surface area contributed by atoms with Crippen LogP contribution in [0.3, 0.4) is 0 Å². The van der Waals surface area contributed by atoms with Gasteiger partial charge in [-0.15, -0.1) is 0 Å². The average molecular weight is 265 g/mol. The molecule has 0 heterocycles. The van der Waals surface area contributed by atoms with Crippen molar-refractivity contribution in [3.05, 3.63) is 17.7 Å². The zero-order valence-electron chi connectivity index (χ0n) is 11.9. The highest BCUT2D eigenvalue weighted by Crippen LogP contribution is 2.44. The van der Waals surface area contributed by atoms with Gasteiger partial charge in [0, 0.05) is 0 Å². The molecule has 2 rings (SSSR count). The quantitative estimate of drug-likeness (QED) is 0.859. The molecule has 0 radical (unpaired) electrons. The Morgan fingerprint density at radius 3 is 2.00 bits per heavy atom. The number of hydrogen-bond acceptors (Lipinski definition) is 4. The molecule has 0 aromatic heterocycles. The van der Waals surface area contributed by atoms with Crippen LogP contribution in [0.5, 0.6) is 17.2 Å². The van der Waals surface area contributed by atoms with Gasteiger partial charge in [0.1, 0.15) is 0 Å². The largest absolute Gasteiger partial charge is 0.493 e. The lowest BCUT2D eigenvalue weighted by Gasteiger charge is -2.33. The van der Waals surface area contributed by atoms with Crippen molar-refractivity contribution in [3.8, 4) is 17.2 Å². The molecule has 2 N–H and O–H groups in total. The first-order valence-electron chi connectivity index (χ1n) is 6.75. The van der Waals surface area contributed by atoms with Gasteiger partial charge in [-0.2, -0.15) is 0 Å². The van der Waals surface area contributed by atoms with E-state index in [0.29, 0.717) is 35.6 Å². The van der Waals surface area contributed by atoms with Crippen molar-refractivity contribution in [2.75, 3.05) is 27.9 Å². The molecule has 4 heteroatoms. The second-order valence-electron chi connectivity index (χ2n) is 4.99. The summed E-state index contributed by atoms with van der Waals surface area (Å²) in [7, 11) is 4.90. The third-order valence-corrected chi connectivity index (χ3v) is 4.09. The summed E-state index contributed by atoms with van der Waals surface area (Å²) in [6.07, 6.45) is 3.84. The Morgan fingerprint density at radius 2 is 1.68 bits per heavy atom. The first kappa shape index (κ1) is 14.0. The number of methoxy groups -OCH3 is 3. The lowest BCUT2D eigenvalue weighted by atomic mass is 9.73. The smallest absolute Gasteiger partial charge is 0.203 e. The monoisotopic (exact) mass is 265 g/mol. The minimum atomic E-state index is 0.377. The molecule has 0 bridgehead atoms. The van der Waals surface area contributed by atoms with E-state index in [1.54, 1.807) is 21.3 Å². The third kappa shape index (κ3) is 2.63. The Hall–Kier alpha value is -1.42. The highest BCUT2D eigenvalue weighted by molar-refractivity contribution is 5.54. The molecule has 0 amide bonds. The molecule has 4 nitrogen and oxygen atoms in total. The first-order chi connectivity index (χ1) is 9.24. The minimum absolute atomic E-state index is 0.377. The molecular formula is C15H23NO3. The number of ether oxygens (including phenoxy) is 3. The molecule has 1 aliphatic carbocycles. The summed E-state index contributed by atoms with van der Waals surface area (Å²) < 4.78 is 16.1. The van der Waals surface area contributed by atoms with E-state index in [2.05, 4.69) is 0 Å². The predicted molar refractivity (Wildman–Crippen MR) is 75.2 cm³/mol. The van der Waals surface area contributed by atoms with Crippen molar-refractivity contribution < 1.29 is 14.2 Å². The maximum atomic E-state index is 5.96. The Bertz CT molecular complexity index is 404. The zero-order valence-corrected chi connectivity index (χ0v) is 11.9. The molecule has 106 valence electrons. The second kappa shape index (κ2) is 6.15. The summed E-state index contributed by atoms with van der Waals surface area (Å²) in [5.74, 6) is 3.11. The molecule has 0 saturated heterocycles. The standard InChI is InChI=1S/C15H23NO3/c1-17-13-7-11(8-14(18-2)15(13)19-3)12(9-16)10-5-4-6-10/h7-8,10,12H,4-6,9,16H2,1-3H3. The van der Waals surface area contributed by atoms with Crippen molar-refractivity contribution in [2.24, 2.45) is 11.7 Å². The summed E-state index contributed by atoms with van der Waals surface area (Å²) in [5.41, 5.74) is 7.14. The second-order valence-corrected chi connectivity index (χ2v) is 4.99. The van der Waals surface area contributed by atoms with Crippen LogP contribution in [0.15, 0.2) is 12.1 Å². The fourth-order valence-corrected chi connectivity index (χ4v) is 2.76. The fraction of sp³-hybridized carbons (Fsp3) is 0.600. The summed E-state index contributed by atoms with van der Waals surface area (Å²) in [4.78, 5) is 0. The summed E-state index contributed by atoms with van der Waals surface area (Å²) in [6.45, 7) is 0.656. The molecule has 1 aromatic carbocycles. The van der Waals surface area contributed by atoms with Gasteiger partial charge in [-0.05, 0) is 48.9 Å². The topological polar surface area (TPSA) is 53.7 Å². The van der Waals surface area contributed by atoms with E-state index >= 15 is 0 Å². The zero-order chi connectivity index (χ0) is 13.8. The van der Waals surface area contributed by atoms with Crippen LogP contribution >= 0.6 is 0 Å². The molecule has 1 atom stereocenters. The lowest BCUT2D eigenvalue weighted by molar-refractivity contribution is 0.262. The van der Waals surface area contributed by atoms with E-state index in [-0.39, 0.29) is 0 Å². The number of hydrogen-bond donors (Lipinski definition) is 1. The highest BCUT2D eigenvalue weighted by atomic mass is 16.5. The number of benzene rings is 1. The van der Waals surface area contributed by atoms with E-state index in [4.69, 9.17) is 19.9 Å². The van der Waals surface area contributed by atoms with Crippen LogP contribution in [0.2, 0.25) is 0 Å². The van der Waals surface area contributed by atoms with Crippen LogP contribution in [-0.2, 0) is 0 Å². The normalized spacial score (nSPS) is 16.6. The van der Waals surface area contributed by atoms with Crippen molar-refractivity contribution >= 4 is 0 Å². The SMILES string of the molecule is COc1cc(C(CN)C2CCC2)cc(OC)c1OC. The predicted octanol–water partition coefficient (Wildman–Crippen LogP) is 2.55. The Morgan fingerprint density at radius 1 is 1.11 bits per heavy atom. The van der Waals surface area contributed by atoms with Gasteiger partial charge in [-0.25, -0.2) is 0 Å². The molecule has 0 aliphatic heterocycles. The van der Waals surface area contributed by atoms with Crippen LogP contribution in [0.25, 0.3) is 0 Å². The van der Waals surface area contributed by atoms with E-state index < -0.39 is 0 Å². The average Bonchev–Trinajstić information content (AvgIpc) is 2.40. The maximum Gasteiger partial charge on any atom is 0.203 e. The van der Waals surface area contributed by atoms with Crippen LogP contribution in [0, 0.1) is 5.92 Å². The molecule has 1 aromatic rings. The van der Waals surface area contributed by atoms with Gasteiger partial charge in [0.15, 0.2) is 11.5 Å². The Kier molecular flexibility index (Phi) is 4.53. The molecule has 1 fully saturated rings. The third-order valence-electron chi connectivity index (χ3n) is 4.09. The molecule has 1 unspecified atom stereocenters. The van der Waals surface area contributed by atoms with Crippen molar-refractivity contribution in [2.45, 2.75) is 25.2 Å². The van der Waals surface area contributed by atoms with Crippen molar-refractivity contribution in [1.29, 1.82) is 0 Å². The van der Waals surface area contributed by atoms with E-state index in [1.165, 1.54) is 24.8 Å². The number of nitrogens with two attached hydrogens (primary N) is 1. The van der Waals surface area contributed by atoms with E-state index in [1.807, 2.05) is 12.1 Å². The molecular weight excluding hydrogens is 242 g/mol. The van der Waals surface area contributed by atoms with Gasteiger partial charge in [0.2, 0.25) is 5.75 Å². The van der Waals surface area contributed by atoms with Crippen LogP contribution in [0.4, 0.5) is 0 Å². The van der Waals surface area contributed by atoms with E-state index in [9.17, 15) is 0 Å². The van der Waals surface area contributed by atoms with Crippen molar-refractivity contribution in [1.82, 2.24) is 0 Å². The van der Waals surface area contributed by atoms with Crippen LogP contribution < -0.4 is 19.9 Å². The van der Waals surface area contributed by atoms with Gasteiger partial charge >= 0.3 is 0 Å². The minimum Gasteiger partial charge on any atom is -0.493 e. The summed E-state index contributed by atoms with van der Waals surface area (Å²) >= 11 is 0. The number of rotatable bonds is 6. The molecule has 1 aliphatic rings. The summed E-state index contributed by atoms with van der Waals surface area (Å²) in [6, 6.07) is 4.05.